The van der Waals surface area contributed by atoms with Crippen LogP contribution in [0.2, 0.25) is 0 Å². The van der Waals surface area contributed by atoms with Crippen LogP contribution in [0.1, 0.15) is 50.8 Å². The van der Waals surface area contributed by atoms with E-state index >= 15 is 0 Å². The number of hydrogen-bond acceptors (Lipinski definition) is 2. The minimum Gasteiger partial charge on any atom is -0.491 e. The van der Waals surface area contributed by atoms with Gasteiger partial charge in [-0.25, -0.2) is 0 Å². The van der Waals surface area contributed by atoms with E-state index in [0.29, 0.717) is 13.0 Å². The predicted octanol–water partition coefficient (Wildman–Crippen LogP) is 4.81. The summed E-state index contributed by atoms with van der Waals surface area (Å²) >= 11 is 0. The van der Waals surface area contributed by atoms with Gasteiger partial charge >= 0.3 is 0 Å². The number of benzene rings is 2. The van der Waals surface area contributed by atoms with Crippen LogP contribution in [0.4, 0.5) is 0 Å². The second-order valence-electron chi connectivity index (χ2n) is 8.04. The fraction of sp³-hybridized carbons (Fsp3) is 0.435. The average molecular weight is 354 g/mol. The molecule has 0 aliphatic heterocycles. The van der Waals surface area contributed by atoms with E-state index in [2.05, 4.69) is 50.4 Å². The topological polar surface area (TPSA) is 38.3 Å². The molecule has 1 atom stereocenters. The summed E-state index contributed by atoms with van der Waals surface area (Å²) in [6.07, 6.45) is 1.24. The molecule has 0 fully saturated rings. The zero-order valence-corrected chi connectivity index (χ0v) is 16.6. The van der Waals surface area contributed by atoms with Gasteiger partial charge in [-0.3, -0.25) is 4.79 Å². The minimum atomic E-state index is -0.0212. The van der Waals surface area contributed by atoms with Crippen molar-refractivity contribution in [2.24, 2.45) is 0 Å². The molecule has 0 saturated heterocycles. The molecule has 1 N–H and O–H groups in total. The molecule has 0 bridgehead atoms. The van der Waals surface area contributed by atoms with Gasteiger partial charge in [-0.1, -0.05) is 62.7 Å². The Morgan fingerprint density at radius 3 is 2.23 bits per heavy atom. The van der Waals surface area contributed by atoms with Gasteiger partial charge in [0.25, 0.3) is 0 Å². The van der Waals surface area contributed by atoms with Crippen molar-refractivity contribution >= 4 is 5.91 Å². The summed E-state index contributed by atoms with van der Waals surface area (Å²) in [5, 5.41) is 3.00. The summed E-state index contributed by atoms with van der Waals surface area (Å²) in [6, 6.07) is 16.5. The van der Waals surface area contributed by atoms with Crippen molar-refractivity contribution in [2.45, 2.75) is 58.9 Å². The van der Waals surface area contributed by atoms with Crippen LogP contribution in [0.25, 0.3) is 0 Å². The highest BCUT2D eigenvalue weighted by molar-refractivity contribution is 5.76. The lowest BCUT2D eigenvalue weighted by molar-refractivity contribution is -0.121. The molecule has 0 saturated carbocycles. The fourth-order valence-electron chi connectivity index (χ4n) is 2.67. The second-order valence-corrected chi connectivity index (χ2v) is 8.04. The number of ether oxygens (including phenoxy) is 1. The largest absolute Gasteiger partial charge is 0.491 e. The van der Waals surface area contributed by atoms with E-state index in [1.807, 2.05) is 38.1 Å². The summed E-state index contributed by atoms with van der Waals surface area (Å²) in [4.78, 5) is 12.1. The third kappa shape index (κ3) is 6.55. The third-order valence-electron chi connectivity index (χ3n) is 4.39. The lowest BCUT2D eigenvalue weighted by atomic mass is 9.86. The first-order valence-electron chi connectivity index (χ1n) is 9.32. The van der Waals surface area contributed by atoms with E-state index in [1.54, 1.807) is 0 Å². The Morgan fingerprint density at radius 2 is 1.65 bits per heavy atom. The highest BCUT2D eigenvalue weighted by atomic mass is 16.5. The standard InChI is InChI=1S/C23H31NO2/c1-17-6-13-21(14-7-17)26-16-18(2)24-22(25)15-10-19-8-11-20(12-9-19)23(3,4)5/h6-9,11-14,18H,10,15-16H2,1-5H3,(H,24,25)/t18-/m1/s1. The molecule has 2 aromatic carbocycles. The molecule has 0 spiro atoms. The number of nitrogens with one attached hydrogen (secondary N) is 1. The highest BCUT2D eigenvalue weighted by Crippen LogP contribution is 2.22. The van der Waals surface area contributed by atoms with Crippen molar-refractivity contribution in [3.8, 4) is 5.75 Å². The fourth-order valence-corrected chi connectivity index (χ4v) is 2.67. The summed E-state index contributed by atoms with van der Waals surface area (Å²) in [5.41, 5.74) is 3.86. The first-order chi connectivity index (χ1) is 12.2. The van der Waals surface area contributed by atoms with Gasteiger partial charge in [0, 0.05) is 6.42 Å². The summed E-state index contributed by atoms with van der Waals surface area (Å²) in [6.45, 7) is 11.1. The van der Waals surface area contributed by atoms with Crippen molar-refractivity contribution in [1.29, 1.82) is 0 Å². The molecular weight excluding hydrogens is 322 g/mol. The van der Waals surface area contributed by atoms with Gasteiger partial charge in [0.2, 0.25) is 5.91 Å². The van der Waals surface area contributed by atoms with Crippen LogP contribution >= 0.6 is 0 Å². The van der Waals surface area contributed by atoms with Gasteiger partial charge in [-0.15, -0.1) is 0 Å². The van der Waals surface area contributed by atoms with Gasteiger partial charge in [0.15, 0.2) is 0 Å². The van der Waals surface area contributed by atoms with Gasteiger partial charge in [0.1, 0.15) is 12.4 Å². The SMILES string of the molecule is Cc1ccc(OC[C@@H](C)NC(=O)CCc2ccc(C(C)(C)C)cc2)cc1. The van der Waals surface area contributed by atoms with Crippen molar-refractivity contribution in [2.75, 3.05) is 6.61 Å². The molecule has 1 amide bonds. The van der Waals surface area contributed by atoms with Gasteiger partial charge in [-0.2, -0.15) is 0 Å². The molecule has 3 heteroatoms. The number of amides is 1. The van der Waals surface area contributed by atoms with Crippen molar-refractivity contribution in [1.82, 2.24) is 5.32 Å². The van der Waals surface area contributed by atoms with E-state index in [-0.39, 0.29) is 17.4 Å². The molecule has 0 unspecified atom stereocenters. The van der Waals surface area contributed by atoms with Crippen LogP contribution in [0, 0.1) is 6.92 Å². The Morgan fingerprint density at radius 1 is 1.04 bits per heavy atom. The molecule has 2 aromatic rings. The normalized spacial score (nSPS) is 12.5. The van der Waals surface area contributed by atoms with Crippen LogP contribution in [-0.2, 0) is 16.6 Å². The van der Waals surface area contributed by atoms with Crippen molar-refractivity contribution in [3.05, 3.63) is 65.2 Å². The van der Waals surface area contributed by atoms with Crippen LogP contribution in [0.3, 0.4) is 0 Å². The maximum Gasteiger partial charge on any atom is 0.220 e. The van der Waals surface area contributed by atoms with Crippen molar-refractivity contribution < 1.29 is 9.53 Å². The number of hydrogen-bond donors (Lipinski definition) is 1. The van der Waals surface area contributed by atoms with E-state index in [9.17, 15) is 4.79 Å². The molecule has 3 nitrogen and oxygen atoms in total. The van der Waals surface area contributed by atoms with Crippen molar-refractivity contribution in [3.63, 3.8) is 0 Å². The Kier molecular flexibility index (Phi) is 6.84. The lowest BCUT2D eigenvalue weighted by Gasteiger charge is -2.19. The summed E-state index contributed by atoms with van der Waals surface area (Å²) in [7, 11) is 0. The number of carbonyl (C=O) groups excluding carboxylic acids is 1. The van der Waals surface area contributed by atoms with Crippen LogP contribution in [0.15, 0.2) is 48.5 Å². The van der Waals surface area contributed by atoms with Crippen LogP contribution in [0.5, 0.6) is 5.75 Å². The minimum absolute atomic E-state index is 0.0212. The quantitative estimate of drug-likeness (QED) is 0.776. The van der Waals surface area contributed by atoms with Gasteiger partial charge in [0.05, 0.1) is 6.04 Å². The van der Waals surface area contributed by atoms with E-state index in [4.69, 9.17) is 4.74 Å². The van der Waals surface area contributed by atoms with E-state index in [0.717, 1.165) is 12.2 Å². The van der Waals surface area contributed by atoms with Crippen LogP contribution < -0.4 is 10.1 Å². The molecular formula is C23H31NO2. The molecule has 0 aliphatic rings. The Balaban J connectivity index is 1.73. The summed E-state index contributed by atoms with van der Waals surface area (Å²) in [5.74, 6) is 0.889. The maximum atomic E-state index is 12.1. The van der Waals surface area contributed by atoms with E-state index < -0.39 is 0 Å². The number of rotatable bonds is 7. The third-order valence-corrected chi connectivity index (χ3v) is 4.39. The number of aryl methyl sites for hydroxylation is 2. The Bertz CT molecular complexity index is 696. The zero-order chi connectivity index (χ0) is 19.2. The monoisotopic (exact) mass is 353 g/mol. The maximum absolute atomic E-state index is 12.1. The molecule has 0 aromatic heterocycles. The molecule has 26 heavy (non-hydrogen) atoms. The Hall–Kier alpha value is -2.29. The molecule has 0 aliphatic carbocycles. The zero-order valence-electron chi connectivity index (χ0n) is 16.6. The molecule has 140 valence electrons. The first-order valence-corrected chi connectivity index (χ1v) is 9.32. The number of carbonyl (C=O) groups is 1. The smallest absolute Gasteiger partial charge is 0.220 e. The lowest BCUT2D eigenvalue weighted by Crippen LogP contribution is -2.36. The van der Waals surface area contributed by atoms with E-state index in [1.165, 1.54) is 16.7 Å². The molecule has 0 heterocycles. The highest BCUT2D eigenvalue weighted by Gasteiger charge is 2.13. The summed E-state index contributed by atoms with van der Waals surface area (Å²) < 4.78 is 5.72. The predicted molar refractivity (Wildman–Crippen MR) is 108 cm³/mol. The molecule has 2 rings (SSSR count). The van der Waals surface area contributed by atoms with Crippen LogP contribution in [-0.4, -0.2) is 18.6 Å². The first kappa shape index (κ1) is 20.0. The average Bonchev–Trinajstić information content (AvgIpc) is 2.59. The Labute approximate surface area is 157 Å². The molecule has 0 radical (unpaired) electrons. The second kappa shape index (κ2) is 8.88. The van der Waals surface area contributed by atoms with Gasteiger partial charge < -0.3 is 10.1 Å². The van der Waals surface area contributed by atoms with Gasteiger partial charge in [-0.05, 0) is 48.9 Å².